The molecule has 0 amide bonds. The van der Waals surface area contributed by atoms with Gasteiger partial charge in [-0.15, -0.1) is 0 Å². The monoisotopic (exact) mass is 435 g/mol. The molecule has 2 aromatic carbocycles. The van der Waals surface area contributed by atoms with Crippen molar-refractivity contribution in [3.8, 4) is 0 Å². The topological polar surface area (TPSA) is 34.4 Å². The van der Waals surface area contributed by atoms with Crippen LogP contribution in [0, 0.1) is 6.92 Å². The third-order valence-corrected chi connectivity index (χ3v) is 10.4. The van der Waals surface area contributed by atoms with Gasteiger partial charge in [0.2, 0.25) is 0 Å². The molecule has 1 atom stereocenters. The first-order valence-electron chi connectivity index (χ1n) is 11.1. The van der Waals surface area contributed by atoms with Gasteiger partial charge in [0.05, 0.1) is 17.2 Å². The van der Waals surface area contributed by atoms with E-state index in [0.29, 0.717) is 0 Å². The largest absolute Gasteiger partial charge is 0.346 e. The molecule has 0 saturated heterocycles. The Morgan fingerprint density at radius 1 is 1.00 bits per heavy atom. The maximum atomic E-state index is 5.55. The van der Waals surface area contributed by atoms with Gasteiger partial charge in [0.15, 0.2) is 7.36 Å². The van der Waals surface area contributed by atoms with Gasteiger partial charge in [0.25, 0.3) is 0 Å². The van der Waals surface area contributed by atoms with Crippen LogP contribution in [0.3, 0.4) is 0 Å². The number of allylic oxidation sites excluding steroid dienone is 2. The van der Waals surface area contributed by atoms with Crippen molar-refractivity contribution in [3.05, 3.63) is 70.7 Å². The van der Waals surface area contributed by atoms with Crippen LogP contribution >= 0.6 is 7.36 Å². The average molecular weight is 436 g/mol. The number of hydrogen-bond acceptors (Lipinski definition) is 3. The van der Waals surface area contributed by atoms with Crippen LogP contribution in [0.1, 0.15) is 38.8 Å². The maximum Gasteiger partial charge on any atom is 0.174 e. The summed E-state index contributed by atoms with van der Waals surface area (Å²) in [5.74, 6) is 0. The van der Waals surface area contributed by atoms with E-state index in [1.807, 2.05) is 0 Å². The van der Waals surface area contributed by atoms with Crippen molar-refractivity contribution in [2.24, 2.45) is 9.85 Å². The molecule has 2 heterocycles. The number of rotatable bonds is 4. The van der Waals surface area contributed by atoms with Gasteiger partial charge in [-0.25, -0.2) is 14.2 Å². The predicted octanol–water partition coefficient (Wildman–Crippen LogP) is 6.57. The summed E-state index contributed by atoms with van der Waals surface area (Å²) in [6.45, 7) is 13.1. The Hall–Kier alpha value is -2.36. The molecule has 2 aliphatic rings. The normalized spacial score (nSPS) is 24.3. The van der Waals surface area contributed by atoms with Crippen LogP contribution in [-0.4, -0.2) is 42.8 Å². The van der Waals surface area contributed by atoms with E-state index in [-0.39, 0.29) is 5.41 Å². The molecule has 0 bridgehead atoms. The molecule has 0 aromatic heterocycles. The summed E-state index contributed by atoms with van der Waals surface area (Å²) < 4.78 is 10.2. The van der Waals surface area contributed by atoms with Gasteiger partial charge in [-0.2, -0.15) is 5.10 Å². The molecule has 0 N–H and O–H groups in total. The summed E-state index contributed by atoms with van der Waals surface area (Å²) in [6.07, 6.45) is 2.08. The van der Waals surface area contributed by atoms with E-state index >= 15 is 0 Å². The number of hydrogen-bond donors (Lipinski definition) is 0. The zero-order valence-electron chi connectivity index (χ0n) is 19.8. The fraction of sp³-hybridized carbons (Fsp3) is 0.400. The molecule has 0 aliphatic carbocycles. The van der Waals surface area contributed by atoms with Crippen LogP contribution < -0.4 is 4.90 Å². The van der Waals surface area contributed by atoms with Crippen molar-refractivity contribution in [1.29, 1.82) is 0 Å². The smallest absolute Gasteiger partial charge is 0.174 e. The van der Waals surface area contributed by atoms with E-state index < -0.39 is 7.36 Å². The minimum atomic E-state index is -2.29. The van der Waals surface area contributed by atoms with Gasteiger partial charge in [0, 0.05) is 44.0 Å². The van der Waals surface area contributed by atoms with Crippen molar-refractivity contribution in [2.45, 2.75) is 40.0 Å². The Morgan fingerprint density at radius 3 is 2.29 bits per heavy atom. The molecule has 0 fully saturated rings. The highest BCUT2D eigenvalue weighted by Crippen LogP contribution is 2.69. The third-order valence-electron chi connectivity index (χ3n) is 6.67. The predicted molar refractivity (Wildman–Crippen MR) is 134 cm³/mol. The first kappa shape index (κ1) is 21.9. The molecular formula is C25H34N5P. The molecule has 0 saturated carbocycles. The summed E-state index contributed by atoms with van der Waals surface area (Å²) >= 11 is 0. The molecular weight excluding hydrogens is 401 g/mol. The quantitative estimate of drug-likeness (QED) is 0.510. The Morgan fingerprint density at radius 2 is 1.65 bits per heavy atom. The van der Waals surface area contributed by atoms with Gasteiger partial charge in [0.1, 0.15) is 0 Å². The minimum absolute atomic E-state index is 0.127. The second-order valence-electron chi connectivity index (χ2n) is 8.76. The summed E-state index contributed by atoms with van der Waals surface area (Å²) in [4.78, 5) is 2.36. The van der Waals surface area contributed by atoms with E-state index in [2.05, 4.69) is 118 Å². The van der Waals surface area contributed by atoms with E-state index in [9.17, 15) is 0 Å². The lowest BCUT2D eigenvalue weighted by molar-refractivity contribution is 0.452. The zero-order valence-corrected chi connectivity index (χ0v) is 20.7. The van der Waals surface area contributed by atoms with Gasteiger partial charge in [-0.1, -0.05) is 64.1 Å². The number of anilines is 1. The van der Waals surface area contributed by atoms with Gasteiger partial charge >= 0.3 is 0 Å². The van der Waals surface area contributed by atoms with Gasteiger partial charge in [-0.3, -0.25) is 0 Å². The van der Waals surface area contributed by atoms with Crippen molar-refractivity contribution in [1.82, 2.24) is 9.45 Å². The van der Waals surface area contributed by atoms with E-state index in [4.69, 9.17) is 9.85 Å². The van der Waals surface area contributed by atoms with Crippen molar-refractivity contribution in [2.75, 3.05) is 32.1 Å². The molecule has 0 radical (unpaired) electrons. The Bertz CT molecular complexity index is 1110. The molecule has 4 rings (SSSR count). The second-order valence-corrected chi connectivity index (χ2v) is 11.7. The molecule has 2 aliphatic heterocycles. The van der Waals surface area contributed by atoms with Crippen LogP contribution in [-0.2, 0) is 5.41 Å². The summed E-state index contributed by atoms with van der Waals surface area (Å²) in [6, 6.07) is 17.2. The average Bonchev–Trinajstić information content (AvgIpc) is 3.16. The number of hydrazone groups is 1. The number of para-hydroxylation sites is 1. The standard InChI is InChI=1S/C25H34N5P/c1-8-30(9-2)31(27-21-16-12-10-14-19(21)3)23(18-26-29(31)7)24-25(4,5)20-15-11-13-17-22(20)28(24)6/h10-18H,8-9H2,1-7H3/b24-23+/t31-/m0/s1. The number of aryl methyl sites for hydroxylation is 1. The van der Waals surface area contributed by atoms with Gasteiger partial charge in [-0.05, 0) is 30.2 Å². The van der Waals surface area contributed by atoms with Crippen LogP contribution in [0.25, 0.3) is 0 Å². The molecule has 0 unspecified atom stereocenters. The molecule has 164 valence electrons. The van der Waals surface area contributed by atoms with E-state index in [1.54, 1.807) is 0 Å². The SMILES string of the molecule is CCN(CC)[P@]1(=Nc2ccccc2C)/C(=C2/N(C)c3ccccc3C2(C)C)C=NN1C. The number of fused-ring (bicyclic) bond motifs is 1. The Kier molecular flexibility index (Phi) is 5.61. The maximum absolute atomic E-state index is 5.55. The highest BCUT2D eigenvalue weighted by Gasteiger charge is 2.47. The van der Waals surface area contributed by atoms with Crippen molar-refractivity contribution in [3.63, 3.8) is 0 Å². The van der Waals surface area contributed by atoms with Crippen LogP contribution in [0.15, 0.2) is 69.4 Å². The highest BCUT2D eigenvalue weighted by molar-refractivity contribution is 7.67. The van der Waals surface area contributed by atoms with Gasteiger partial charge < -0.3 is 4.90 Å². The van der Waals surface area contributed by atoms with Crippen LogP contribution in [0.5, 0.6) is 0 Å². The summed E-state index contributed by atoms with van der Waals surface area (Å²) in [5.41, 5.74) is 6.05. The zero-order chi connectivity index (χ0) is 22.4. The lowest BCUT2D eigenvalue weighted by Crippen LogP contribution is -2.30. The third kappa shape index (κ3) is 3.18. The molecule has 0 spiro atoms. The van der Waals surface area contributed by atoms with E-state index in [0.717, 1.165) is 18.8 Å². The van der Waals surface area contributed by atoms with Crippen molar-refractivity contribution >= 4 is 24.9 Å². The molecule has 2 aromatic rings. The highest BCUT2D eigenvalue weighted by atomic mass is 31.2. The number of likely N-dealkylation sites (N-methyl/N-ethyl adjacent to an activating group) is 1. The van der Waals surface area contributed by atoms with Crippen LogP contribution in [0.4, 0.5) is 11.4 Å². The van der Waals surface area contributed by atoms with Crippen molar-refractivity contribution < 1.29 is 0 Å². The fourth-order valence-corrected chi connectivity index (χ4v) is 8.84. The Balaban J connectivity index is 2.08. The minimum Gasteiger partial charge on any atom is -0.346 e. The summed E-state index contributed by atoms with van der Waals surface area (Å²) in [7, 11) is 1.98. The number of benzene rings is 2. The molecule has 31 heavy (non-hydrogen) atoms. The first-order valence-corrected chi connectivity index (χ1v) is 12.7. The first-order chi connectivity index (χ1) is 14.8. The molecule has 6 heteroatoms. The fourth-order valence-electron chi connectivity index (χ4n) is 5.06. The lowest BCUT2D eigenvalue weighted by Gasteiger charge is -2.39. The van der Waals surface area contributed by atoms with Crippen LogP contribution in [0.2, 0.25) is 0 Å². The van der Waals surface area contributed by atoms with E-state index in [1.165, 1.54) is 27.8 Å². The lowest BCUT2D eigenvalue weighted by atomic mass is 9.84. The summed E-state index contributed by atoms with van der Waals surface area (Å²) in [5, 5.41) is 6.11. The second kappa shape index (κ2) is 7.96. The Labute approximate surface area is 187 Å². The molecule has 5 nitrogen and oxygen atoms in total. The number of nitrogens with zero attached hydrogens (tertiary/aromatic N) is 5.